The number of thioether (sulfide) groups is 1. The first-order valence-corrected chi connectivity index (χ1v) is 12.1. The van der Waals surface area contributed by atoms with Crippen LogP contribution in [-0.2, 0) is 21.1 Å². The van der Waals surface area contributed by atoms with Gasteiger partial charge in [-0.2, -0.15) is 4.99 Å². The second kappa shape index (κ2) is 7.74. The van der Waals surface area contributed by atoms with Crippen molar-refractivity contribution in [2.45, 2.75) is 24.6 Å². The van der Waals surface area contributed by atoms with E-state index in [1.807, 2.05) is 31.2 Å². The number of nitrogens with zero attached hydrogens (tertiary/aromatic N) is 2. The third kappa shape index (κ3) is 4.34. The van der Waals surface area contributed by atoms with Crippen molar-refractivity contribution in [1.82, 2.24) is 0 Å². The molecule has 2 saturated heterocycles. The van der Waals surface area contributed by atoms with E-state index in [1.54, 1.807) is 11.0 Å². The Balaban J connectivity index is 1.66. The average Bonchev–Trinajstić information content (AvgIpc) is 3.08. The van der Waals surface area contributed by atoms with Crippen molar-refractivity contribution in [3.05, 3.63) is 64.4 Å². The largest absolute Gasteiger partial charge is 0.315 e. The first-order chi connectivity index (χ1) is 13.7. The number of benzene rings is 2. The van der Waals surface area contributed by atoms with Crippen LogP contribution >= 0.6 is 23.4 Å². The van der Waals surface area contributed by atoms with Crippen molar-refractivity contribution in [2.24, 2.45) is 4.99 Å². The molecule has 0 bridgehead atoms. The first-order valence-electron chi connectivity index (χ1n) is 9.00. The molecule has 0 aromatic heterocycles. The molecule has 0 aliphatic carbocycles. The van der Waals surface area contributed by atoms with Gasteiger partial charge in [0.05, 0.1) is 29.0 Å². The van der Waals surface area contributed by atoms with Crippen molar-refractivity contribution in [2.75, 3.05) is 16.4 Å². The van der Waals surface area contributed by atoms with Crippen LogP contribution in [0.15, 0.2) is 47.5 Å². The van der Waals surface area contributed by atoms with Crippen molar-refractivity contribution >= 4 is 50.0 Å². The third-order valence-electron chi connectivity index (χ3n) is 4.91. The van der Waals surface area contributed by atoms with Gasteiger partial charge in [-0.25, -0.2) is 12.8 Å². The van der Waals surface area contributed by atoms with Crippen LogP contribution in [0, 0.1) is 12.7 Å². The lowest BCUT2D eigenvalue weighted by molar-refractivity contribution is -0.117. The molecule has 4 rings (SSSR count). The van der Waals surface area contributed by atoms with E-state index in [0.29, 0.717) is 10.9 Å². The monoisotopic (exact) mass is 452 g/mol. The quantitative estimate of drug-likeness (QED) is 0.711. The maximum atomic E-state index is 14.1. The van der Waals surface area contributed by atoms with Crippen molar-refractivity contribution < 1.29 is 17.6 Å². The minimum absolute atomic E-state index is 0.0139. The zero-order valence-electron chi connectivity index (χ0n) is 15.5. The van der Waals surface area contributed by atoms with E-state index in [0.717, 1.165) is 11.1 Å². The first kappa shape index (κ1) is 20.4. The van der Waals surface area contributed by atoms with Gasteiger partial charge >= 0.3 is 0 Å². The average molecular weight is 453 g/mol. The zero-order valence-corrected chi connectivity index (χ0v) is 17.9. The summed E-state index contributed by atoms with van der Waals surface area (Å²) >= 11 is 7.05. The molecule has 2 atom stereocenters. The third-order valence-corrected chi connectivity index (χ3v) is 8.42. The Hall–Kier alpha value is -1.90. The van der Waals surface area contributed by atoms with Gasteiger partial charge in [0.15, 0.2) is 15.0 Å². The number of sulfone groups is 1. The van der Waals surface area contributed by atoms with Crippen LogP contribution in [0.4, 0.5) is 10.1 Å². The molecule has 2 aromatic carbocycles. The predicted molar refractivity (Wildman–Crippen MR) is 115 cm³/mol. The van der Waals surface area contributed by atoms with Crippen LogP contribution in [0.5, 0.6) is 0 Å². The summed E-state index contributed by atoms with van der Waals surface area (Å²) in [6.07, 6.45) is 0.141. The number of amides is 1. The molecule has 152 valence electrons. The van der Waals surface area contributed by atoms with E-state index < -0.39 is 21.7 Å². The number of aliphatic imine (C=N–C) groups is 1. The Morgan fingerprint density at radius 3 is 2.79 bits per heavy atom. The summed E-state index contributed by atoms with van der Waals surface area (Å²) in [6, 6.07) is 11.5. The van der Waals surface area contributed by atoms with Crippen molar-refractivity contribution in [3.63, 3.8) is 0 Å². The van der Waals surface area contributed by atoms with Gasteiger partial charge in [-0.3, -0.25) is 4.79 Å². The highest BCUT2D eigenvalue weighted by Crippen LogP contribution is 2.41. The number of aryl methyl sites for hydroxylation is 1. The second-order valence-electron chi connectivity index (χ2n) is 7.22. The summed E-state index contributed by atoms with van der Waals surface area (Å²) in [6.45, 7) is 1.95. The second-order valence-corrected chi connectivity index (χ2v) is 11.0. The highest BCUT2D eigenvalue weighted by atomic mass is 35.5. The van der Waals surface area contributed by atoms with E-state index in [9.17, 15) is 17.6 Å². The van der Waals surface area contributed by atoms with Crippen molar-refractivity contribution in [3.8, 4) is 0 Å². The topological polar surface area (TPSA) is 66.8 Å². The normalized spacial score (nSPS) is 24.1. The number of hydrogen-bond acceptors (Lipinski definition) is 4. The summed E-state index contributed by atoms with van der Waals surface area (Å²) in [4.78, 5) is 18.5. The summed E-state index contributed by atoms with van der Waals surface area (Å²) in [5.74, 6) is -0.982. The molecule has 0 spiro atoms. The van der Waals surface area contributed by atoms with Crippen LogP contribution in [-0.4, -0.2) is 42.3 Å². The standard InChI is InChI=1S/C20H18ClFN2O3S2/c1-12-3-2-4-13(7-12)8-19(25)23-20-24(14-5-6-15(21)16(22)9-14)17-10-29(26,27)11-18(17)28-20/h2-7,9,17-18H,8,10-11H2,1H3/t17-,18-/m0/s1. The van der Waals surface area contributed by atoms with Crippen LogP contribution < -0.4 is 4.90 Å². The number of carbonyl (C=O) groups is 1. The SMILES string of the molecule is Cc1cccc(CC(=O)N=C2S[C@H]3CS(=O)(=O)C[C@@H]3N2c2ccc(Cl)c(F)c2)c1. The van der Waals surface area contributed by atoms with E-state index in [1.165, 1.54) is 23.9 Å². The van der Waals surface area contributed by atoms with Gasteiger partial charge in [-0.05, 0) is 30.7 Å². The van der Waals surface area contributed by atoms with Crippen LogP contribution in [0.25, 0.3) is 0 Å². The van der Waals surface area contributed by atoms with E-state index in [2.05, 4.69) is 4.99 Å². The summed E-state index contributed by atoms with van der Waals surface area (Å²) in [5.41, 5.74) is 2.34. The van der Waals surface area contributed by atoms with Crippen LogP contribution in [0.2, 0.25) is 5.02 Å². The molecule has 29 heavy (non-hydrogen) atoms. The van der Waals surface area contributed by atoms with Crippen molar-refractivity contribution in [1.29, 1.82) is 0 Å². The fraction of sp³-hybridized carbons (Fsp3) is 0.300. The zero-order chi connectivity index (χ0) is 20.8. The molecular formula is C20H18ClFN2O3S2. The van der Waals surface area contributed by atoms with Gasteiger partial charge in [0.1, 0.15) is 5.82 Å². The molecule has 0 unspecified atom stereocenters. The molecule has 0 N–H and O–H groups in total. The van der Waals surface area contributed by atoms with Gasteiger partial charge in [0.25, 0.3) is 5.91 Å². The fourth-order valence-corrected chi connectivity index (χ4v) is 7.69. The number of halogens is 2. The lowest BCUT2D eigenvalue weighted by Crippen LogP contribution is -2.37. The van der Waals surface area contributed by atoms with Crippen LogP contribution in [0.1, 0.15) is 11.1 Å². The lowest BCUT2D eigenvalue weighted by atomic mass is 10.1. The molecule has 2 fully saturated rings. The molecule has 0 radical (unpaired) electrons. The number of amidine groups is 1. The maximum Gasteiger partial charge on any atom is 0.252 e. The number of fused-ring (bicyclic) bond motifs is 1. The predicted octanol–water partition coefficient (Wildman–Crippen LogP) is 3.63. The molecule has 2 aliphatic rings. The van der Waals surface area contributed by atoms with E-state index in [-0.39, 0.29) is 34.1 Å². The van der Waals surface area contributed by atoms with Crippen LogP contribution in [0.3, 0.4) is 0 Å². The Bertz CT molecular complexity index is 1120. The van der Waals surface area contributed by atoms with Gasteiger partial charge in [0, 0.05) is 10.9 Å². The summed E-state index contributed by atoms with van der Waals surface area (Å²) < 4.78 is 38.3. The summed E-state index contributed by atoms with van der Waals surface area (Å²) in [5, 5.41) is 0.128. The summed E-state index contributed by atoms with van der Waals surface area (Å²) in [7, 11) is -3.19. The molecule has 2 aromatic rings. The number of hydrogen-bond donors (Lipinski definition) is 0. The molecular weight excluding hydrogens is 435 g/mol. The maximum absolute atomic E-state index is 14.1. The number of rotatable bonds is 3. The molecule has 5 nitrogen and oxygen atoms in total. The Morgan fingerprint density at radius 1 is 1.28 bits per heavy atom. The minimum Gasteiger partial charge on any atom is -0.315 e. The highest BCUT2D eigenvalue weighted by Gasteiger charge is 2.49. The van der Waals surface area contributed by atoms with Gasteiger partial charge in [0.2, 0.25) is 0 Å². The number of carbonyl (C=O) groups excluding carboxylic acids is 1. The van der Waals surface area contributed by atoms with E-state index >= 15 is 0 Å². The Kier molecular flexibility index (Phi) is 5.44. The van der Waals surface area contributed by atoms with Gasteiger partial charge < -0.3 is 4.90 Å². The lowest BCUT2D eigenvalue weighted by Gasteiger charge is -2.24. The van der Waals surface area contributed by atoms with E-state index in [4.69, 9.17) is 11.6 Å². The van der Waals surface area contributed by atoms with Gasteiger partial charge in [-0.15, -0.1) is 0 Å². The molecule has 1 amide bonds. The highest BCUT2D eigenvalue weighted by molar-refractivity contribution is 8.16. The minimum atomic E-state index is -3.19. The fourth-order valence-electron chi connectivity index (χ4n) is 3.64. The molecule has 9 heteroatoms. The Labute approximate surface area is 177 Å². The smallest absolute Gasteiger partial charge is 0.252 e. The Morgan fingerprint density at radius 2 is 2.07 bits per heavy atom. The molecule has 0 saturated carbocycles. The molecule has 2 aliphatic heterocycles. The van der Waals surface area contributed by atoms with Gasteiger partial charge in [-0.1, -0.05) is 53.2 Å². The number of anilines is 1. The molecule has 2 heterocycles.